The first-order valence-electron chi connectivity index (χ1n) is 4.55. The number of nitrogens with zero attached hydrogens (tertiary/aromatic N) is 1. The molecule has 0 atom stereocenters. The van der Waals surface area contributed by atoms with E-state index in [1.54, 1.807) is 6.07 Å². The molecule has 0 spiro atoms. The number of halogens is 3. The summed E-state index contributed by atoms with van der Waals surface area (Å²) in [5.41, 5.74) is 0.744. The molecule has 16 heavy (non-hydrogen) atoms. The number of aromatic nitrogens is 1. The third-order valence-corrected chi connectivity index (χ3v) is 2.77. The largest absolute Gasteiger partial charge is 0.378 e. The highest BCUT2D eigenvalue weighted by atomic mass is 35.5. The molecule has 0 N–H and O–H groups in total. The lowest BCUT2D eigenvalue weighted by molar-refractivity contribution is 0.182. The van der Waals surface area contributed by atoms with Crippen molar-refractivity contribution in [2.24, 2.45) is 0 Å². The molecule has 1 aromatic heterocycles. The van der Waals surface area contributed by atoms with Crippen molar-refractivity contribution in [3.63, 3.8) is 0 Å². The Morgan fingerprint density at radius 1 is 1.31 bits per heavy atom. The van der Waals surface area contributed by atoms with E-state index >= 15 is 0 Å². The van der Waals surface area contributed by atoms with Gasteiger partial charge in [-0.2, -0.15) is 0 Å². The normalized spacial score (nSPS) is 11.0. The van der Waals surface area contributed by atoms with Gasteiger partial charge in [0.1, 0.15) is 11.3 Å². The van der Waals surface area contributed by atoms with Crippen LogP contribution in [0.25, 0.3) is 10.9 Å². The summed E-state index contributed by atoms with van der Waals surface area (Å²) in [6, 6.07) is 4.35. The molecule has 0 unspecified atom stereocenters. The predicted molar refractivity (Wildman–Crippen MR) is 62.4 cm³/mol. The van der Waals surface area contributed by atoms with Crippen molar-refractivity contribution in [1.29, 1.82) is 0 Å². The molecule has 0 saturated carbocycles. The van der Waals surface area contributed by atoms with E-state index in [1.807, 2.05) is 0 Å². The second-order valence-corrected chi connectivity index (χ2v) is 4.10. The SMILES string of the molecule is COCc1cc(Cl)c2c(Cl)ccc(F)c2n1. The van der Waals surface area contributed by atoms with Gasteiger partial charge >= 0.3 is 0 Å². The third-order valence-electron chi connectivity index (χ3n) is 2.16. The van der Waals surface area contributed by atoms with Crippen molar-refractivity contribution < 1.29 is 9.13 Å². The van der Waals surface area contributed by atoms with Crippen LogP contribution in [0.5, 0.6) is 0 Å². The van der Waals surface area contributed by atoms with Crippen LogP contribution in [0, 0.1) is 5.82 Å². The smallest absolute Gasteiger partial charge is 0.149 e. The highest BCUT2D eigenvalue weighted by Gasteiger charge is 2.11. The Hall–Kier alpha value is -0.900. The molecule has 0 amide bonds. The molecule has 0 bridgehead atoms. The van der Waals surface area contributed by atoms with E-state index < -0.39 is 5.82 Å². The Morgan fingerprint density at radius 2 is 2.06 bits per heavy atom. The lowest BCUT2D eigenvalue weighted by atomic mass is 10.2. The summed E-state index contributed by atoms with van der Waals surface area (Å²) >= 11 is 12.0. The molecule has 1 aromatic carbocycles. The first kappa shape index (κ1) is 11.6. The van der Waals surface area contributed by atoms with Crippen LogP contribution in [0.1, 0.15) is 5.69 Å². The summed E-state index contributed by atoms with van der Waals surface area (Å²) in [7, 11) is 1.54. The topological polar surface area (TPSA) is 22.1 Å². The Labute approximate surface area is 102 Å². The first-order valence-corrected chi connectivity index (χ1v) is 5.31. The van der Waals surface area contributed by atoms with E-state index in [9.17, 15) is 4.39 Å². The predicted octanol–water partition coefficient (Wildman–Crippen LogP) is 3.83. The summed E-state index contributed by atoms with van der Waals surface area (Å²) < 4.78 is 18.5. The van der Waals surface area contributed by atoms with Gasteiger partial charge in [-0.05, 0) is 18.2 Å². The number of fused-ring (bicyclic) bond motifs is 1. The summed E-state index contributed by atoms with van der Waals surface area (Å²) in [5.74, 6) is -0.445. The minimum atomic E-state index is -0.445. The molecule has 0 aliphatic rings. The number of rotatable bonds is 2. The van der Waals surface area contributed by atoms with E-state index in [2.05, 4.69) is 4.98 Å². The van der Waals surface area contributed by atoms with Gasteiger partial charge in [0.15, 0.2) is 0 Å². The molecular formula is C11H8Cl2FNO. The molecule has 1 heterocycles. The second-order valence-electron chi connectivity index (χ2n) is 3.28. The minimum absolute atomic E-state index is 0.173. The lowest BCUT2D eigenvalue weighted by Gasteiger charge is -2.06. The Kier molecular flexibility index (Phi) is 3.28. The van der Waals surface area contributed by atoms with Crippen molar-refractivity contribution in [2.75, 3.05) is 7.11 Å². The van der Waals surface area contributed by atoms with Gasteiger partial charge in [0.25, 0.3) is 0 Å². The summed E-state index contributed by atoms with van der Waals surface area (Å²) in [5, 5.41) is 1.20. The van der Waals surface area contributed by atoms with Gasteiger partial charge in [-0.15, -0.1) is 0 Å². The van der Waals surface area contributed by atoms with E-state index in [4.69, 9.17) is 27.9 Å². The van der Waals surface area contributed by atoms with Crippen LogP contribution in [0.2, 0.25) is 10.0 Å². The van der Waals surface area contributed by atoms with Gasteiger partial charge in [0, 0.05) is 12.5 Å². The first-order chi connectivity index (χ1) is 7.63. The van der Waals surface area contributed by atoms with Crippen LogP contribution < -0.4 is 0 Å². The number of hydrogen-bond acceptors (Lipinski definition) is 2. The van der Waals surface area contributed by atoms with Crippen molar-refractivity contribution in [3.8, 4) is 0 Å². The maximum atomic E-state index is 13.5. The molecule has 2 aromatic rings. The quantitative estimate of drug-likeness (QED) is 0.818. The fraction of sp³-hybridized carbons (Fsp3) is 0.182. The zero-order chi connectivity index (χ0) is 11.7. The number of methoxy groups -OCH3 is 1. The molecule has 2 nitrogen and oxygen atoms in total. The van der Waals surface area contributed by atoms with Gasteiger partial charge in [-0.3, -0.25) is 0 Å². The molecule has 0 aliphatic heterocycles. The van der Waals surface area contributed by atoms with Crippen LogP contribution in [0.3, 0.4) is 0 Å². The van der Waals surface area contributed by atoms with Crippen LogP contribution in [-0.4, -0.2) is 12.1 Å². The fourth-order valence-electron chi connectivity index (χ4n) is 1.49. The summed E-state index contributed by atoms with van der Waals surface area (Å²) in [4.78, 5) is 4.12. The van der Waals surface area contributed by atoms with Gasteiger partial charge in [-0.1, -0.05) is 23.2 Å². The molecule has 0 fully saturated rings. The Morgan fingerprint density at radius 3 is 2.75 bits per heavy atom. The molecule has 5 heteroatoms. The zero-order valence-electron chi connectivity index (χ0n) is 8.43. The van der Waals surface area contributed by atoms with Crippen molar-refractivity contribution in [1.82, 2.24) is 4.98 Å². The third kappa shape index (κ3) is 1.98. The van der Waals surface area contributed by atoms with Crippen molar-refractivity contribution >= 4 is 34.1 Å². The lowest BCUT2D eigenvalue weighted by Crippen LogP contribution is -1.95. The van der Waals surface area contributed by atoms with E-state index in [0.29, 0.717) is 21.1 Å². The zero-order valence-corrected chi connectivity index (χ0v) is 9.94. The van der Waals surface area contributed by atoms with Crippen LogP contribution in [0.15, 0.2) is 18.2 Å². The molecule has 0 aliphatic carbocycles. The average molecular weight is 260 g/mol. The number of ether oxygens (including phenoxy) is 1. The standard InChI is InChI=1S/C11H8Cl2FNO/c1-16-5-6-4-8(13)10-7(12)2-3-9(14)11(10)15-6/h2-4H,5H2,1H3. The molecule has 0 saturated heterocycles. The summed E-state index contributed by atoms with van der Waals surface area (Å²) in [6.45, 7) is 0.279. The monoisotopic (exact) mass is 259 g/mol. The van der Waals surface area contributed by atoms with Crippen LogP contribution in [-0.2, 0) is 11.3 Å². The minimum Gasteiger partial charge on any atom is -0.378 e. The number of pyridine rings is 1. The molecule has 84 valence electrons. The van der Waals surface area contributed by atoms with Gasteiger partial charge in [0.2, 0.25) is 0 Å². The molecule has 0 radical (unpaired) electrons. The average Bonchev–Trinajstić information content (AvgIpc) is 2.23. The second kappa shape index (κ2) is 4.53. The fourth-order valence-corrected chi connectivity index (χ4v) is 2.11. The van der Waals surface area contributed by atoms with E-state index in [-0.39, 0.29) is 12.1 Å². The van der Waals surface area contributed by atoms with Gasteiger partial charge in [-0.25, -0.2) is 9.37 Å². The molecule has 2 rings (SSSR count). The van der Waals surface area contributed by atoms with E-state index in [1.165, 1.54) is 19.2 Å². The Balaban J connectivity index is 2.76. The van der Waals surface area contributed by atoms with Gasteiger partial charge < -0.3 is 4.74 Å². The Bertz CT molecular complexity index is 545. The van der Waals surface area contributed by atoms with Crippen molar-refractivity contribution in [3.05, 3.63) is 39.8 Å². The number of hydrogen-bond donors (Lipinski definition) is 0. The summed E-state index contributed by atoms with van der Waals surface area (Å²) in [6.07, 6.45) is 0. The number of benzene rings is 1. The van der Waals surface area contributed by atoms with Crippen LogP contribution in [0.4, 0.5) is 4.39 Å². The van der Waals surface area contributed by atoms with E-state index in [0.717, 1.165) is 0 Å². The van der Waals surface area contributed by atoms with Crippen LogP contribution >= 0.6 is 23.2 Å². The maximum absolute atomic E-state index is 13.5. The highest BCUT2D eigenvalue weighted by Crippen LogP contribution is 2.31. The van der Waals surface area contributed by atoms with Gasteiger partial charge in [0.05, 0.1) is 22.3 Å². The highest BCUT2D eigenvalue weighted by molar-refractivity contribution is 6.42. The van der Waals surface area contributed by atoms with Crippen molar-refractivity contribution in [2.45, 2.75) is 6.61 Å². The molecular weight excluding hydrogens is 252 g/mol. The maximum Gasteiger partial charge on any atom is 0.149 e.